The van der Waals surface area contributed by atoms with Gasteiger partial charge in [-0.15, -0.1) is 0 Å². The first-order valence-electron chi connectivity index (χ1n) is 9.18. The third-order valence-electron chi connectivity index (χ3n) is 4.54. The smallest absolute Gasteiger partial charge is 0.310 e. The van der Waals surface area contributed by atoms with Crippen molar-refractivity contribution in [2.75, 3.05) is 12.9 Å². The topological polar surface area (TPSA) is 69.7 Å². The third kappa shape index (κ3) is 6.09. The highest BCUT2D eigenvalue weighted by Gasteiger charge is 2.34. The number of sulfone groups is 1. The van der Waals surface area contributed by atoms with E-state index in [4.69, 9.17) is 9.47 Å². The maximum atomic E-state index is 12.5. The highest BCUT2D eigenvalue weighted by molar-refractivity contribution is 7.92. The molecule has 1 atom stereocenters. The molecule has 0 radical (unpaired) electrons. The lowest BCUT2D eigenvalue weighted by molar-refractivity contribution is -0.144. The molecular weight excluding hydrogens is 376 g/mol. The fourth-order valence-corrected chi connectivity index (χ4v) is 3.92. The fourth-order valence-electron chi connectivity index (χ4n) is 2.64. The van der Waals surface area contributed by atoms with Gasteiger partial charge in [0.1, 0.15) is 12.4 Å². The van der Waals surface area contributed by atoms with E-state index in [1.54, 1.807) is 20.8 Å². The van der Waals surface area contributed by atoms with Gasteiger partial charge in [-0.1, -0.05) is 42.5 Å². The van der Waals surface area contributed by atoms with Gasteiger partial charge in [0.25, 0.3) is 0 Å². The largest absolute Gasteiger partial charge is 0.489 e. The lowest BCUT2D eigenvalue weighted by Crippen LogP contribution is -2.36. The Balaban J connectivity index is 2.05. The predicted octanol–water partition coefficient (Wildman–Crippen LogP) is 3.81. The van der Waals surface area contributed by atoms with Crippen molar-refractivity contribution >= 4 is 15.8 Å². The maximum Gasteiger partial charge on any atom is 0.310 e. The highest BCUT2D eigenvalue weighted by atomic mass is 32.2. The maximum absolute atomic E-state index is 12.5. The van der Waals surface area contributed by atoms with Crippen molar-refractivity contribution in [1.29, 1.82) is 0 Å². The molecule has 0 aromatic heterocycles. The highest BCUT2D eigenvalue weighted by Crippen LogP contribution is 2.23. The van der Waals surface area contributed by atoms with E-state index >= 15 is 0 Å². The predicted molar refractivity (Wildman–Crippen MR) is 110 cm³/mol. The Bertz CT molecular complexity index is 865. The van der Waals surface area contributed by atoms with Crippen LogP contribution in [0.25, 0.3) is 0 Å². The molecule has 0 saturated heterocycles. The van der Waals surface area contributed by atoms with Gasteiger partial charge in [-0.05, 0) is 50.5 Å². The van der Waals surface area contributed by atoms with Crippen molar-refractivity contribution < 1.29 is 22.7 Å². The molecule has 152 valence electrons. The van der Waals surface area contributed by atoms with E-state index in [-0.39, 0.29) is 5.75 Å². The standard InChI is InChI=1S/C22H28O5S/c1-22(2,3)28(24,25)16-19(21(23)26-4)14-17-10-12-20(13-11-17)27-15-18-8-6-5-7-9-18/h5-13,19H,14-16H2,1-4H3. The van der Waals surface area contributed by atoms with Crippen molar-refractivity contribution in [3.63, 3.8) is 0 Å². The van der Waals surface area contributed by atoms with E-state index in [2.05, 4.69) is 0 Å². The molecule has 0 amide bonds. The Morgan fingerprint density at radius 2 is 1.57 bits per heavy atom. The van der Waals surface area contributed by atoms with Gasteiger partial charge in [0, 0.05) is 0 Å². The zero-order valence-corrected chi connectivity index (χ0v) is 17.7. The average Bonchev–Trinajstić information content (AvgIpc) is 2.66. The fraction of sp³-hybridized carbons (Fsp3) is 0.409. The third-order valence-corrected chi connectivity index (χ3v) is 7.25. The Hall–Kier alpha value is -2.34. The molecule has 0 aliphatic heterocycles. The van der Waals surface area contributed by atoms with Crippen LogP contribution in [0.5, 0.6) is 5.75 Å². The van der Waals surface area contributed by atoms with Crippen LogP contribution in [-0.4, -0.2) is 32.0 Å². The summed E-state index contributed by atoms with van der Waals surface area (Å²) in [6, 6.07) is 17.2. The molecular formula is C22H28O5S. The Morgan fingerprint density at radius 3 is 2.11 bits per heavy atom. The number of ether oxygens (including phenoxy) is 2. The lowest BCUT2D eigenvalue weighted by Gasteiger charge is -2.23. The van der Waals surface area contributed by atoms with Crippen LogP contribution in [0.15, 0.2) is 54.6 Å². The SMILES string of the molecule is COC(=O)C(Cc1ccc(OCc2ccccc2)cc1)CS(=O)(=O)C(C)(C)C. The minimum absolute atomic E-state index is 0.241. The van der Waals surface area contributed by atoms with Crippen molar-refractivity contribution in [1.82, 2.24) is 0 Å². The minimum Gasteiger partial charge on any atom is -0.489 e. The number of hydrogen-bond acceptors (Lipinski definition) is 5. The van der Waals surface area contributed by atoms with Gasteiger partial charge in [0.05, 0.1) is 23.5 Å². The second kappa shape index (κ2) is 9.24. The van der Waals surface area contributed by atoms with Gasteiger partial charge in [0.15, 0.2) is 9.84 Å². The van der Waals surface area contributed by atoms with Gasteiger partial charge in [-0.25, -0.2) is 8.42 Å². The summed E-state index contributed by atoms with van der Waals surface area (Å²) < 4.78 is 34.7. The minimum atomic E-state index is -3.45. The van der Waals surface area contributed by atoms with Gasteiger partial charge < -0.3 is 9.47 Å². The molecule has 2 rings (SSSR count). The van der Waals surface area contributed by atoms with E-state index in [0.29, 0.717) is 18.8 Å². The first-order chi connectivity index (χ1) is 13.1. The number of benzene rings is 2. The molecule has 0 heterocycles. The van der Waals surface area contributed by atoms with Crippen molar-refractivity contribution in [2.24, 2.45) is 5.92 Å². The Morgan fingerprint density at radius 1 is 0.964 bits per heavy atom. The molecule has 0 bridgehead atoms. The second-order valence-electron chi connectivity index (χ2n) is 7.74. The Labute approximate surface area is 167 Å². The first kappa shape index (κ1) is 22.0. The molecule has 0 aliphatic rings. The summed E-state index contributed by atoms with van der Waals surface area (Å²) in [7, 11) is -2.17. The van der Waals surface area contributed by atoms with Gasteiger partial charge in [-0.2, -0.15) is 0 Å². The number of methoxy groups -OCH3 is 1. The zero-order valence-electron chi connectivity index (χ0n) is 16.8. The van der Waals surface area contributed by atoms with Crippen LogP contribution in [0, 0.1) is 5.92 Å². The second-order valence-corrected chi connectivity index (χ2v) is 10.5. The molecule has 0 spiro atoms. The number of hydrogen-bond donors (Lipinski definition) is 0. The number of carbonyl (C=O) groups excluding carboxylic acids is 1. The first-order valence-corrected chi connectivity index (χ1v) is 10.8. The molecule has 5 nitrogen and oxygen atoms in total. The van der Waals surface area contributed by atoms with Crippen LogP contribution >= 0.6 is 0 Å². The molecule has 0 N–H and O–H groups in total. The summed E-state index contributed by atoms with van der Waals surface area (Å²) in [5, 5.41) is 0. The summed E-state index contributed by atoms with van der Waals surface area (Å²) in [6.45, 7) is 5.37. The average molecular weight is 405 g/mol. The molecule has 28 heavy (non-hydrogen) atoms. The summed E-state index contributed by atoms with van der Waals surface area (Å²) in [4.78, 5) is 12.1. The summed E-state index contributed by atoms with van der Waals surface area (Å²) >= 11 is 0. The van der Waals surface area contributed by atoms with Crippen molar-refractivity contribution in [3.05, 3.63) is 65.7 Å². The molecule has 0 saturated carbocycles. The van der Waals surface area contributed by atoms with Crippen molar-refractivity contribution in [2.45, 2.75) is 38.5 Å². The monoisotopic (exact) mass is 404 g/mol. The summed E-state index contributed by atoms with van der Waals surface area (Å²) in [6.07, 6.45) is 0.293. The van der Waals surface area contributed by atoms with Crippen LogP contribution in [0.3, 0.4) is 0 Å². The lowest BCUT2D eigenvalue weighted by atomic mass is 10.0. The number of esters is 1. The summed E-state index contributed by atoms with van der Waals surface area (Å²) in [5.41, 5.74) is 1.93. The quantitative estimate of drug-likeness (QED) is 0.626. The normalized spacial score (nSPS) is 13.0. The Kier molecular flexibility index (Phi) is 7.24. The molecule has 2 aromatic rings. The molecule has 0 fully saturated rings. The van der Waals surface area contributed by atoms with Crippen LogP contribution in [0.2, 0.25) is 0 Å². The molecule has 0 aliphatic carbocycles. The number of rotatable bonds is 8. The van der Waals surface area contributed by atoms with Gasteiger partial charge in [0.2, 0.25) is 0 Å². The molecule has 1 unspecified atom stereocenters. The zero-order chi connectivity index (χ0) is 20.8. The number of carbonyl (C=O) groups is 1. The van der Waals surface area contributed by atoms with Crippen LogP contribution in [-0.2, 0) is 32.4 Å². The van der Waals surface area contributed by atoms with Gasteiger partial charge in [-0.3, -0.25) is 4.79 Å². The molecule has 6 heteroatoms. The van der Waals surface area contributed by atoms with E-state index < -0.39 is 26.5 Å². The van der Waals surface area contributed by atoms with E-state index in [1.165, 1.54) is 7.11 Å². The van der Waals surface area contributed by atoms with Gasteiger partial charge >= 0.3 is 5.97 Å². The van der Waals surface area contributed by atoms with E-state index in [0.717, 1.165) is 11.1 Å². The summed E-state index contributed by atoms with van der Waals surface area (Å²) in [5.74, 6) is -0.790. The van der Waals surface area contributed by atoms with E-state index in [9.17, 15) is 13.2 Å². The van der Waals surface area contributed by atoms with Crippen molar-refractivity contribution in [3.8, 4) is 5.75 Å². The van der Waals surface area contributed by atoms with Crippen LogP contribution in [0.4, 0.5) is 0 Å². The van der Waals surface area contributed by atoms with Crippen LogP contribution in [0.1, 0.15) is 31.9 Å². The van der Waals surface area contributed by atoms with E-state index in [1.807, 2.05) is 54.6 Å². The molecule has 2 aromatic carbocycles. The van der Waals surface area contributed by atoms with Crippen LogP contribution < -0.4 is 4.74 Å².